The number of benzene rings is 2. The number of nitrogens with one attached hydrogen (secondary N) is 1. The summed E-state index contributed by atoms with van der Waals surface area (Å²) in [5, 5.41) is 3.59. The Balaban J connectivity index is 1.23. The zero-order valence-corrected chi connectivity index (χ0v) is 15.7. The molecule has 2 saturated heterocycles. The van der Waals surface area contributed by atoms with Gasteiger partial charge in [0.2, 0.25) is 0 Å². The first-order valence-corrected chi connectivity index (χ1v) is 10.2. The van der Waals surface area contributed by atoms with Gasteiger partial charge in [-0.3, -0.25) is 4.90 Å². The highest BCUT2D eigenvalue weighted by molar-refractivity contribution is 5.48. The molecule has 3 nitrogen and oxygen atoms in total. The topological polar surface area (TPSA) is 18.5 Å². The average molecular weight is 350 g/mol. The number of anilines is 2. The van der Waals surface area contributed by atoms with Crippen molar-refractivity contribution in [3.05, 3.63) is 60.2 Å². The smallest absolute Gasteiger partial charge is 0.0366 e. The van der Waals surface area contributed by atoms with Crippen molar-refractivity contribution in [3.63, 3.8) is 0 Å². The number of piperidine rings is 1. The molecule has 2 heterocycles. The number of likely N-dealkylation sites (tertiary alicyclic amines) is 1. The first-order valence-electron chi connectivity index (χ1n) is 10.2. The number of rotatable bonds is 6. The van der Waals surface area contributed by atoms with E-state index in [1.165, 1.54) is 68.8 Å². The van der Waals surface area contributed by atoms with Gasteiger partial charge in [-0.05, 0) is 74.5 Å². The summed E-state index contributed by atoms with van der Waals surface area (Å²) in [6, 6.07) is 19.9. The van der Waals surface area contributed by atoms with Crippen molar-refractivity contribution in [3.8, 4) is 0 Å². The van der Waals surface area contributed by atoms with E-state index < -0.39 is 0 Å². The molecule has 2 aliphatic heterocycles. The molecule has 0 radical (unpaired) electrons. The predicted octanol–water partition coefficient (Wildman–Crippen LogP) is 4.61. The molecule has 1 N–H and O–H groups in total. The predicted molar refractivity (Wildman–Crippen MR) is 111 cm³/mol. The van der Waals surface area contributed by atoms with Crippen molar-refractivity contribution in [1.82, 2.24) is 4.90 Å². The van der Waals surface area contributed by atoms with Crippen LogP contribution in [0.3, 0.4) is 0 Å². The third kappa shape index (κ3) is 4.59. The molecule has 2 fully saturated rings. The lowest BCUT2D eigenvalue weighted by atomic mass is 9.96. The first-order chi connectivity index (χ1) is 12.9. The minimum Gasteiger partial charge on any atom is -0.385 e. The monoisotopic (exact) mass is 349 g/mol. The Bertz CT molecular complexity index is 654. The molecule has 0 amide bonds. The van der Waals surface area contributed by atoms with Gasteiger partial charge in [-0.2, -0.15) is 0 Å². The van der Waals surface area contributed by atoms with Crippen molar-refractivity contribution in [2.24, 2.45) is 5.92 Å². The summed E-state index contributed by atoms with van der Waals surface area (Å²) in [5.74, 6) is 0.779. The van der Waals surface area contributed by atoms with Gasteiger partial charge in [0.05, 0.1) is 0 Å². The summed E-state index contributed by atoms with van der Waals surface area (Å²) >= 11 is 0. The Morgan fingerprint density at radius 2 is 1.50 bits per heavy atom. The fourth-order valence-electron chi connectivity index (χ4n) is 4.22. The third-order valence-corrected chi connectivity index (χ3v) is 5.89. The quantitative estimate of drug-likeness (QED) is 0.821. The van der Waals surface area contributed by atoms with Gasteiger partial charge in [0.25, 0.3) is 0 Å². The highest BCUT2D eigenvalue weighted by atomic mass is 15.1. The molecule has 3 heteroatoms. The Morgan fingerprint density at radius 3 is 2.19 bits per heavy atom. The second-order valence-electron chi connectivity index (χ2n) is 7.83. The Kier molecular flexibility index (Phi) is 5.75. The molecule has 0 bridgehead atoms. The second-order valence-corrected chi connectivity index (χ2v) is 7.83. The van der Waals surface area contributed by atoms with Crippen LogP contribution in [0.4, 0.5) is 11.4 Å². The number of hydrogen-bond acceptors (Lipinski definition) is 3. The van der Waals surface area contributed by atoms with Crippen molar-refractivity contribution in [2.75, 3.05) is 42.9 Å². The van der Waals surface area contributed by atoms with Crippen LogP contribution in [0.1, 0.15) is 31.2 Å². The largest absolute Gasteiger partial charge is 0.385 e. The van der Waals surface area contributed by atoms with Gasteiger partial charge in [0.15, 0.2) is 0 Å². The van der Waals surface area contributed by atoms with Crippen molar-refractivity contribution < 1.29 is 0 Å². The number of hydrogen-bond donors (Lipinski definition) is 1. The number of para-hydroxylation sites is 1. The molecule has 0 aromatic heterocycles. The standard InChI is InChI=1S/C23H31N3/c1-2-6-22(7-3-1)24-18-20-12-16-26(17-13-20)23-10-8-21(9-11-23)19-25-14-4-5-15-25/h1-3,6-11,20,24H,4-5,12-19H2. The van der Waals surface area contributed by atoms with E-state index in [9.17, 15) is 0 Å². The molecule has 4 rings (SSSR count). The second kappa shape index (κ2) is 8.59. The average Bonchev–Trinajstić information content (AvgIpc) is 3.21. The molecule has 0 spiro atoms. The van der Waals surface area contributed by atoms with Crippen LogP contribution in [0.25, 0.3) is 0 Å². The molecular weight excluding hydrogens is 318 g/mol. The van der Waals surface area contributed by atoms with Crippen LogP contribution in [-0.2, 0) is 6.54 Å². The van der Waals surface area contributed by atoms with Crippen LogP contribution in [0, 0.1) is 5.92 Å². The number of nitrogens with zero attached hydrogens (tertiary/aromatic N) is 2. The molecule has 2 aliphatic rings. The van der Waals surface area contributed by atoms with Gasteiger partial charge < -0.3 is 10.2 Å². The maximum Gasteiger partial charge on any atom is 0.0366 e. The summed E-state index contributed by atoms with van der Waals surface area (Å²) in [6.07, 6.45) is 5.28. The fraction of sp³-hybridized carbons (Fsp3) is 0.478. The summed E-state index contributed by atoms with van der Waals surface area (Å²) in [5.41, 5.74) is 4.09. The van der Waals surface area contributed by atoms with Crippen LogP contribution < -0.4 is 10.2 Å². The maximum atomic E-state index is 3.59. The van der Waals surface area contributed by atoms with Crippen LogP contribution in [-0.4, -0.2) is 37.6 Å². The normalized spacial score (nSPS) is 19.0. The Hall–Kier alpha value is -2.00. The maximum absolute atomic E-state index is 3.59. The lowest BCUT2D eigenvalue weighted by Gasteiger charge is -2.34. The Labute approximate surface area is 158 Å². The lowest BCUT2D eigenvalue weighted by Crippen LogP contribution is -2.35. The van der Waals surface area contributed by atoms with Crippen molar-refractivity contribution in [2.45, 2.75) is 32.2 Å². The zero-order chi connectivity index (χ0) is 17.6. The molecule has 26 heavy (non-hydrogen) atoms. The Morgan fingerprint density at radius 1 is 0.808 bits per heavy atom. The van der Waals surface area contributed by atoms with E-state index in [1.807, 2.05) is 0 Å². The zero-order valence-electron chi connectivity index (χ0n) is 15.7. The fourth-order valence-corrected chi connectivity index (χ4v) is 4.22. The highest BCUT2D eigenvalue weighted by Gasteiger charge is 2.19. The van der Waals surface area contributed by atoms with Crippen LogP contribution in [0.5, 0.6) is 0 Å². The van der Waals surface area contributed by atoms with Crippen molar-refractivity contribution in [1.29, 1.82) is 0 Å². The van der Waals surface area contributed by atoms with E-state index in [1.54, 1.807) is 0 Å². The summed E-state index contributed by atoms with van der Waals surface area (Å²) < 4.78 is 0. The van der Waals surface area contributed by atoms with E-state index in [4.69, 9.17) is 0 Å². The van der Waals surface area contributed by atoms with E-state index in [2.05, 4.69) is 69.7 Å². The molecule has 2 aromatic rings. The van der Waals surface area contributed by atoms with E-state index in [-0.39, 0.29) is 0 Å². The van der Waals surface area contributed by atoms with E-state index in [0.29, 0.717) is 0 Å². The van der Waals surface area contributed by atoms with Gasteiger partial charge in [-0.1, -0.05) is 30.3 Å². The van der Waals surface area contributed by atoms with Gasteiger partial charge in [-0.25, -0.2) is 0 Å². The highest BCUT2D eigenvalue weighted by Crippen LogP contribution is 2.24. The lowest BCUT2D eigenvalue weighted by molar-refractivity contribution is 0.331. The SMILES string of the molecule is c1ccc(NCC2CCN(c3ccc(CN4CCCC4)cc3)CC2)cc1. The van der Waals surface area contributed by atoms with Crippen LogP contribution in [0.15, 0.2) is 54.6 Å². The van der Waals surface area contributed by atoms with Gasteiger partial charge in [0.1, 0.15) is 0 Å². The van der Waals surface area contributed by atoms with E-state index >= 15 is 0 Å². The molecule has 138 valence electrons. The molecular formula is C23H31N3. The minimum atomic E-state index is 0.779. The first kappa shape index (κ1) is 17.4. The van der Waals surface area contributed by atoms with E-state index in [0.717, 1.165) is 19.0 Å². The van der Waals surface area contributed by atoms with Gasteiger partial charge in [0, 0.05) is 37.6 Å². The van der Waals surface area contributed by atoms with Crippen molar-refractivity contribution >= 4 is 11.4 Å². The van der Waals surface area contributed by atoms with Gasteiger partial charge in [-0.15, -0.1) is 0 Å². The van der Waals surface area contributed by atoms with Gasteiger partial charge >= 0.3 is 0 Å². The molecule has 0 atom stereocenters. The summed E-state index contributed by atoms with van der Waals surface area (Å²) in [6.45, 7) is 7.10. The van der Waals surface area contributed by atoms with Crippen LogP contribution in [0.2, 0.25) is 0 Å². The molecule has 0 saturated carbocycles. The third-order valence-electron chi connectivity index (χ3n) is 5.89. The van der Waals surface area contributed by atoms with Crippen LogP contribution >= 0.6 is 0 Å². The molecule has 2 aromatic carbocycles. The summed E-state index contributed by atoms with van der Waals surface area (Å²) in [7, 11) is 0. The minimum absolute atomic E-state index is 0.779. The molecule has 0 aliphatic carbocycles. The summed E-state index contributed by atoms with van der Waals surface area (Å²) in [4.78, 5) is 5.12. The molecule has 0 unspecified atom stereocenters.